The molecule has 1 aliphatic rings. The lowest BCUT2D eigenvalue weighted by atomic mass is 9.82. The first-order chi connectivity index (χ1) is 17.7. The standard InChI is InChI=1S/C29H27F5O3/c1-3-36-25-13-9-20(26(31)29(25)34)15-37-24-12-8-19(14-23(24)30)17-4-6-18(7-5-17)22-11-10-21(16(2)35)27(32)28(22)33/h4,8-14,16,18,35H,3,5-7,15H2,1-2H3. The fourth-order valence-electron chi connectivity index (χ4n) is 4.52. The van der Waals surface area contributed by atoms with E-state index in [-0.39, 0.29) is 47.3 Å². The van der Waals surface area contributed by atoms with E-state index in [1.165, 1.54) is 43.3 Å². The van der Waals surface area contributed by atoms with Crippen molar-refractivity contribution in [2.24, 2.45) is 0 Å². The quantitative estimate of drug-likeness (QED) is 0.310. The Labute approximate surface area is 212 Å². The van der Waals surface area contributed by atoms with Crippen LogP contribution in [0, 0.1) is 29.1 Å². The second-order valence-electron chi connectivity index (χ2n) is 8.97. The van der Waals surface area contributed by atoms with Gasteiger partial charge in [0.1, 0.15) is 6.61 Å². The smallest absolute Gasteiger partial charge is 0.201 e. The normalized spacial score (nSPS) is 16.3. The third-order valence-electron chi connectivity index (χ3n) is 6.56. The van der Waals surface area contributed by atoms with E-state index in [4.69, 9.17) is 9.47 Å². The molecule has 0 fully saturated rings. The summed E-state index contributed by atoms with van der Waals surface area (Å²) < 4.78 is 82.4. The molecule has 1 aliphatic carbocycles. The van der Waals surface area contributed by atoms with Crippen molar-refractivity contribution in [3.63, 3.8) is 0 Å². The first-order valence-corrected chi connectivity index (χ1v) is 12.1. The lowest BCUT2D eigenvalue weighted by Gasteiger charge is -2.24. The van der Waals surface area contributed by atoms with E-state index in [1.807, 2.05) is 6.08 Å². The van der Waals surface area contributed by atoms with Gasteiger partial charge in [-0.05, 0) is 80.0 Å². The van der Waals surface area contributed by atoms with E-state index in [0.717, 1.165) is 5.57 Å². The summed E-state index contributed by atoms with van der Waals surface area (Å²) in [4.78, 5) is 0. The molecule has 0 heterocycles. The van der Waals surface area contributed by atoms with Crippen molar-refractivity contribution in [3.05, 3.63) is 99.9 Å². The van der Waals surface area contributed by atoms with Gasteiger partial charge < -0.3 is 14.6 Å². The summed E-state index contributed by atoms with van der Waals surface area (Å²) in [5.74, 6) is -5.42. The van der Waals surface area contributed by atoms with E-state index < -0.39 is 35.2 Å². The van der Waals surface area contributed by atoms with Crippen LogP contribution in [0.1, 0.15) is 67.4 Å². The summed E-state index contributed by atoms with van der Waals surface area (Å²) in [6, 6.07) is 9.92. The van der Waals surface area contributed by atoms with Gasteiger partial charge in [-0.2, -0.15) is 4.39 Å². The van der Waals surface area contributed by atoms with Crippen molar-refractivity contribution >= 4 is 5.57 Å². The number of aliphatic hydroxyl groups excluding tert-OH is 1. The number of halogens is 5. The van der Waals surface area contributed by atoms with Crippen molar-refractivity contribution < 1.29 is 36.5 Å². The molecule has 8 heteroatoms. The first kappa shape index (κ1) is 26.7. The second-order valence-corrected chi connectivity index (χ2v) is 8.97. The number of hydrogen-bond acceptors (Lipinski definition) is 3. The Balaban J connectivity index is 1.44. The van der Waals surface area contributed by atoms with Crippen molar-refractivity contribution in [1.29, 1.82) is 0 Å². The monoisotopic (exact) mass is 518 g/mol. The van der Waals surface area contributed by atoms with Crippen LogP contribution < -0.4 is 9.47 Å². The Morgan fingerprint density at radius 3 is 2.30 bits per heavy atom. The summed E-state index contributed by atoms with van der Waals surface area (Å²) in [6.07, 6.45) is 2.28. The number of aliphatic hydroxyl groups is 1. The van der Waals surface area contributed by atoms with Crippen molar-refractivity contribution in [3.8, 4) is 11.5 Å². The predicted molar refractivity (Wildman–Crippen MR) is 130 cm³/mol. The van der Waals surface area contributed by atoms with Gasteiger partial charge >= 0.3 is 0 Å². The number of hydrogen-bond donors (Lipinski definition) is 1. The molecule has 0 bridgehead atoms. The van der Waals surface area contributed by atoms with Gasteiger partial charge in [0, 0.05) is 11.1 Å². The molecule has 37 heavy (non-hydrogen) atoms. The third-order valence-corrected chi connectivity index (χ3v) is 6.56. The Morgan fingerprint density at radius 2 is 1.65 bits per heavy atom. The largest absolute Gasteiger partial charge is 0.491 e. The molecule has 0 saturated heterocycles. The number of ether oxygens (including phenoxy) is 2. The molecule has 2 unspecified atom stereocenters. The SMILES string of the molecule is CCOc1ccc(COc2ccc(C3=CCC(c4ccc(C(C)O)c(F)c4F)CC3)cc2F)c(F)c1F. The first-order valence-electron chi connectivity index (χ1n) is 12.1. The van der Waals surface area contributed by atoms with Crippen LogP contribution in [0.4, 0.5) is 22.0 Å². The molecule has 0 spiro atoms. The minimum atomic E-state index is -1.12. The summed E-state index contributed by atoms with van der Waals surface area (Å²) in [6.45, 7) is 2.85. The lowest BCUT2D eigenvalue weighted by molar-refractivity contribution is 0.192. The Bertz CT molecular complexity index is 1320. The highest BCUT2D eigenvalue weighted by Gasteiger charge is 2.24. The zero-order valence-corrected chi connectivity index (χ0v) is 20.5. The molecule has 3 aromatic carbocycles. The minimum absolute atomic E-state index is 0.0735. The summed E-state index contributed by atoms with van der Waals surface area (Å²) in [7, 11) is 0. The molecule has 0 aliphatic heterocycles. The Hall–Kier alpha value is -3.39. The molecule has 0 radical (unpaired) electrons. The molecular formula is C29H27F5O3. The van der Waals surface area contributed by atoms with Crippen LogP contribution in [0.2, 0.25) is 0 Å². The van der Waals surface area contributed by atoms with Gasteiger partial charge in [-0.25, -0.2) is 17.6 Å². The predicted octanol–water partition coefficient (Wildman–Crippen LogP) is 7.76. The molecule has 0 saturated carbocycles. The third kappa shape index (κ3) is 5.64. The van der Waals surface area contributed by atoms with Crippen LogP contribution in [0.25, 0.3) is 5.57 Å². The van der Waals surface area contributed by atoms with Crippen molar-refractivity contribution in [1.82, 2.24) is 0 Å². The summed E-state index contributed by atoms with van der Waals surface area (Å²) in [5.41, 5.74) is 1.59. The molecular weight excluding hydrogens is 491 g/mol. The second kappa shape index (κ2) is 11.3. The van der Waals surface area contributed by atoms with Crippen LogP contribution in [0.15, 0.2) is 48.5 Å². The topological polar surface area (TPSA) is 38.7 Å². The van der Waals surface area contributed by atoms with Gasteiger partial charge in [0.15, 0.2) is 34.8 Å². The molecule has 3 aromatic rings. The lowest BCUT2D eigenvalue weighted by Crippen LogP contribution is -2.09. The molecule has 3 nitrogen and oxygen atoms in total. The van der Waals surface area contributed by atoms with E-state index in [2.05, 4.69) is 0 Å². The van der Waals surface area contributed by atoms with Gasteiger partial charge in [-0.15, -0.1) is 0 Å². The minimum Gasteiger partial charge on any atom is -0.491 e. The van der Waals surface area contributed by atoms with Gasteiger partial charge in [-0.1, -0.05) is 24.3 Å². The van der Waals surface area contributed by atoms with Crippen LogP contribution >= 0.6 is 0 Å². The zero-order chi connectivity index (χ0) is 26.7. The van der Waals surface area contributed by atoms with E-state index in [1.54, 1.807) is 13.0 Å². The van der Waals surface area contributed by atoms with E-state index in [9.17, 15) is 27.1 Å². The molecule has 196 valence electrons. The van der Waals surface area contributed by atoms with Crippen LogP contribution in [-0.2, 0) is 6.61 Å². The summed E-state index contributed by atoms with van der Waals surface area (Å²) in [5, 5.41) is 9.58. The van der Waals surface area contributed by atoms with Crippen LogP contribution in [0.3, 0.4) is 0 Å². The average molecular weight is 519 g/mol. The van der Waals surface area contributed by atoms with Gasteiger partial charge in [0.2, 0.25) is 5.82 Å². The summed E-state index contributed by atoms with van der Waals surface area (Å²) >= 11 is 0. The molecule has 4 rings (SSSR count). The number of rotatable bonds is 8. The Morgan fingerprint density at radius 1 is 0.892 bits per heavy atom. The fourth-order valence-corrected chi connectivity index (χ4v) is 4.52. The van der Waals surface area contributed by atoms with Gasteiger partial charge in [0.25, 0.3) is 0 Å². The maximum Gasteiger partial charge on any atom is 0.201 e. The highest BCUT2D eigenvalue weighted by Crippen LogP contribution is 2.39. The zero-order valence-electron chi connectivity index (χ0n) is 20.5. The van der Waals surface area contributed by atoms with Crippen LogP contribution in [0.5, 0.6) is 11.5 Å². The molecule has 1 N–H and O–H groups in total. The molecule has 2 atom stereocenters. The van der Waals surface area contributed by atoms with E-state index in [0.29, 0.717) is 24.8 Å². The van der Waals surface area contributed by atoms with E-state index >= 15 is 0 Å². The van der Waals surface area contributed by atoms with Gasteiger partial charge in [0.05, 0.1) is 12.7 Å². The molecule has 0 aromatic heterocycles. The average Bonchev–Trinajstić information content (AvgIpc) is 2.88. The molecule has 0 amide bonds. The maximum absolute atomic E-state index is 14.7. The van der Waals surface area contributed by atoms with Crippen LogP contribution in [-0.4, -0.2) is 11.7 Å². The number of benzene rings is 3. The van der Waals surface area contributed by atoms with Gasteiger partial charge in [-0.3, -0.25) is 0 Å². The highest BCUT2D eigenvalue weighted by atomic mass is 19.2. The maximum atomic E-state index is 14.7. The highest BCUT2D eigenvalue weighted by molar-refractivity contribution is 5.67. The Kier molecular flexibility index (Phi) is 8.17. The fraction of sp³-hybridized carbons (Fsp3) is 0.310. The number of allylic oxidation sites excluding steroid dienone is 2. The van der Waals surface area contributed by atoms with Crippen molar-refractivity contribution in [2.75, 3.05) is 6.61 Å². The van der Waals surface area contributed by atoms with Crippen molar-refractivity contribution in [2.45, 2.75) is 51.7 Å².